The topological polar surface area (TPSA) is 37.8 Å². The summed E-state index contributed by atoms with van der Waals surface area (Å²) in [6, 6.07) is 3.82. The summed E-state index contributed by atoms with van der Waals surface area (Å²) >= 11 is 4.98. The molecule has 0 aliphatic rings. The van der Waals surface area contributed by atoms with E-state index in [9.17, 15) is 0 Å². The molecule has 0 aliphatic carbocycles. The third-order valence-electron chi connectivity index (χ3n) is 1.60. The molecule has 5 heteroatoms. The van der Waals surface area contributed by atoms with Crippen LogP contribution in [0.3, 0.4) is 0 Å². The molecule has 0 unspecified atom stereocenters. The molecule has 0 spiro atoms. The largest absolute Gasteiger partial charge is 0.315 e. The summed E-state index contributed by atoms with van der Waals surface area (Å²) in [6.07, 6.45) is 1.74. The fourth-order valence-corrected chi connectivity index (χ4v) is 2.03. The van der Waals surface area contributed by atoms with Crippen LogP contribution in [0, 0.1) is 6.92 Å². The Morgan fingerprint density at radius 1 is 1.50 bits per heavy atom. The molecule has 0 atom stereocenters. The van der Waals surface area contributed by atoms with Gasteiger partial charge in [0.25, 0.3) is 0 Å². The molecule has 0 radical (unpaired) electrons. The van der Waals surface area contributed by atoms with Gasteiger partial charge in [-0.25, -0.2) is 9.97 Å². The number of halogens is 1. The highest BCUT2D eigenvalue weighted by molar-refractivity contribution is 9.10. The molecule has 0 aromatic carbocycles. The van der Waals surface area contributed by atoms with E-state index in [1.807, 2.05) is 24.4 Å². The summed E-state index contributed by atoms with van der Waals surface area (Å²) in [6.45, 7) is 1.97. The molecule has 0 bridgehead atoms. The summed E-state index contributed by atoms with van der Waals surface area (Å²) in [7, 11) is 0. The van der Waals surface area contributed by atoms with Gasteiger partial charge in [0.2, 0.25) is 0 Å². The second kappa shape index (κ2) is 4.06. The van der Waals surface area contributed by atoms with Crippen LogP contribution in [0.5, 0.6) is 0 Å². The lowest BCUT2D eigenvalue weighted by atomic mass is 10.5. The Hall–Kier alpha value is -0.940. The predicted molar refractivity (Wildman–Crippen MR) is 62.1 cm³/mol. The molecule has 3 nitrogen and oxygen atoms in total. The first-order chi connectivity index (χ1) is 6.75. The standard InChI is InChI=1S/C9H8BrN3S/c1-6-5-14-9(12-6)13-8-7(10)3-2-4-11-8/h2-5H,1H3,(H,11,12,13). The van der Waals surface area contributed by atoms with Gasteiger partial charge in [0.05, 0.1) is 10.2 Å². The third-order valence-corrected chi connectivity index (χ3v) is 3.12. The lowest BCUT2D eigenvalue weighted by molar-refractivity contribution is 1.23. The number of hydrogen-bond donors (Lipinski definition) is 1. The normalized spacial score (nSPS) is 10.1. The van der Waals surface area contributed by atoms with Crippen molar-refractivity contribution in [3.63, 3.8) is 0 Å². The first-order valence-electron chi connectivity index (χ1n) is 4.05. The van der Waals surface area contributed by atoms with Crippen LogP contribution in [0.25, 0.3) is 0 Å². The molecule has 2 heterocycles. The van der Waals surface area contributed by atoms with E-state index in [4.69, 9.17) is 0 Å². The van der Waals surface area contributed by atoms with Gasteiger partial charge in [0, 0.05) is 11.6 Å². The van der Waals surface area contributed by atoms with Crippen molar-refractivity contribution in [3.05, 3.63) is 33.9 Å². The van der Waals surface area contributed by atoms with E-state index in [0.717, 1.165) is 21.1 Å². The van der Waals surface area contributed by atoms with Gasteiger partial charge in [-0.3, -0.25) is 0 Å². The first-order valence-corrected chi connectivity index (χ1v) is 5.72. The van der Waals surface area contributed by atoms with Crippen LogP contribution in [0.4, 0.5) is 10.9 Å². The van der Waals surface area contributed by atoms with Crippen molar-refractivity contribution in [2.75, 3.05) is 5.32 Å². The third kappa shape index (κ3) is 2.10. The Morgan fingerprint density at radius 3 is 3.00 bits per heavy atom. The highest BCUT2D eigenvalue weighted by Gasteiger charge is 2.02. The van der Waals surface area contributed by atoms with Crippen LogP contribution in [0.15, 0.2) is 28.2 Å². The number of aromatic nitrogens is 2. The van der Waals surface area contributed by atoms with E-state index in [2.05, 4.69) is 31.2 Å². The molecule has 72 valence electrons. The molecular weight excluding hydrogens is 262 g/mol. The zero-order valence-electron chi connectivity index (χ0n) is 7.49. The quantitative estimate of drug-likeness (QED) is 0.909. The van der Waals surface area contributed by atoms with Crippen LogP contribution in [-0.4, -0.2) is 9.97 Å². The molecular formula is C9H8BrN3S. The van der Waals surface area contributed by atoms with Gasteiger partial charge in [-0.15, -0.1) is 11.3 Å². The minimum Gasteiger partial charge on any atom is -0.315 e. The Bertz CT molecular complexity index is 441. The number of pyridine rings is 1. The number of anilines is 2. The van der Waals surface area contributed by atoms with E-state index in [1.54, 1.807) is 17.5 Å². The van der Waals surface area contributed by atoms with Gasteiger partial charge in [-0.05, 0) is 35.0 Å². The van der Waals surface area contributed by atoms with Crippen LogP contribution < -0.4 is 5.32 Å². The average Bonchev–Trinajstić information content (AvgIpc) is 2.56. The maximum absolute atomic E-state index is 4.29. The van der Waals surface area contributed by atoms with Crippen LogP contribution in [0.2, 0.25) is 0 Å². The van der Waals surface area contributed by atoms with Gasteiger partial charge in [-0.2, -0.15) is 0 Å². The molecule has 0 fully saturated rings. The van der Waals surface area contributed by atoms with Crippen molar-refractivity contribution in [1.82, 2.24) is 9.97 Å². The molecule has 0 amide bonds. The number of nitrogens with zero attached hydrogens (tertiary/aromatic N) is 2. The summed E-state index contributed by atoms with van der Waals surface area (Å²) in [4.78, 5) is 8.49. The molecule has 2 aromatic heterocycles. The summed E-state index contributed by atoms with van der Waals surface area (Å²) in [5, 5.41) is 6.00. The van der Waals surface area contributed by atoms with Crippen molar-refractivity contribution in [3.8, 4) is 0 Å². The van der Waals surface area contributed by atoms with Gasteiger partial charge in [-0.1, -0.05) is 0 Å². The number of rotatable bonds is 2. The number of hydrogen-bond acceptors (Lipinski definition) is 4. The molecule has 14 heavy (non-hydrogen) atoms. The smallest absolute Gasteiger partial charge is 0.188 e. The lowest BCUT2D eigenvalue weighted by Crippen LogP contribution is -1.93. The van der Waals surface area contributed by atoms with Gasteiger partial charge < -0.3 is 5.32 Å². The lowest BCUT2D eigenvalue weighted by Gasteiger charge is -2.02. The van der Waals surface area contributed by atoms with Crippen molar-refractivity contribution >= 4 is 38.2 Å². The van der Waals surface area contributed by atoms with Crippen molar-refractivity contribution in [2.24, 2.45) is 0 Å². The Morgan fingerprint density at radius 2 is 2.36 bits per heavy atom. The summed E-state index contributed by atoms with van der Waals surface area (Å²) < 4.78 is 0.938. The van der Waals surface area contributed by atoms with Crippen LogP contribution in [0.1, 0.15) is 5.69 Å². The average molecular weight is 270 g/mol. The van der Waals surface area contributed by atoms with Gasteiger partial charge >= 0.3 is 0 Å². The fraction of sp³-hybridized carbons (Fsp3) is 0.111. The SMILES string of the molecule is Cc1csc(Nc2ncccc2Br)n1. The first kappa shape index (κ1) is 9.61. The Labute approximate surface area is 94.4 Å². The second-order valence-corrected chi connectivity index (χ2v) is 4.47. The van der Waals surface area contributed by atoms with E-state index in [1.165, 1.54) is 0 Å². The maximum atomic E-state index is 4.29. The Balaban J connectivity index is 2.23. The van der Waals surface area contributed by atoms with E-state index >= 15 is 0 Å². The second-order valence-electron chi connectivity index (χ2n) is 2.75. The minimum atomic E-state index is 0.793. The summed E-state index contributed by atoms with van der Waals surface area (Å²) in [5.74, 6) is 0.793. The zero-order chi connectivity index (χ0) is 9.97. The zero-order valence-corrected chi connectivity index (χ0v) is 9.89. The highest BCUT2D eigenvalue weighted by atomic mass is 79.9. The maximum Gasteiger partial charge on any atom is 0.188 e. The van der Waals surface area contributed by atoms with E-state index in [0.29, 0.717) is 0 Å². The fourth-order valence-electron chi connectivity index (χ4n) is 0.990. The molecule has 1 N–H and O–H groups in total. The number of aryl methyl sites for hydroxylation is 1. The van der Waals surface area contributed by atoms with Crippen LogP contribution >= 0.6 is 27.3 Å². The van der Waals surface area contributed by atoms with E-state index in [-0.39, 0.29) is 0 Å². The monoisotopic (exact) mass is 269 g/mol. The minimum absolute atomic E-state index is 0.793. The molecule has 0 saturated carbocycles. The number of nitrogens with one attached hydrogen (secondary N) is 1. The Kier molecular flexibility index (Phi) is 2.79. The summed E-state index contributed by atoms with van der Waals surface area (Å²) in [5.41, 5.74) is 1.02. The molecule has 2 aromatic rings. The van der Waals surface area contributed by atoms with Crippen molar-refractivity contribution in [1.29, 1.82) is 0 Å². The van der Waals surface area contributed by atoms with Crippen molar-refractivity contribution in [2.45, 2.75) is 6.92 Å². The molecule has 0 saturated heterocycles. The highest BCUT2D eigenvalue weighted by Crippen LogP contribution is 2.24. The predicted octanol–water partition coefficient (Wildman–Crippen LogP) is 3.35. The van der Waals surface area contributed by atoms with E-state index < -0.39 is 0 Å². The van der Waals surface area contributed by atoms with Gasteiger partial charge in [0.15, 0.2) is 5.13 Å². The molecule has 0 aliphatic heterocycles. The number of thiazole rings is 1. The molecule has 2 rings (SSSR count). The van der Waals surface area contributed by atoms with Gasteiger partial charge in [0.1, 0.15) is 5.82 Å². The van der Waals surface area contributed by atoms with Crippen LogP contribution in [-0.2, 0) is 0 Å². The van der Waals surface area contributed by atoms with Crippen molar-refractivity contribution < 1.29 is 0 Å².